The van der Waals surface area contributed by atoms with Gasteiger partial charge in [0.1, 0.15) is 17.4 Å². The summed E-state index contributed by atoms with van der Waals surface area (Å²) in [7, 11) is -9.56. The highest BCUT2D eigenvalue weighted by Crippen LogP contribution is 2.38. The molecule has 0 bridgehead atoms. The normalized spacial score (nSPS) is 11.7. The predicted octanol–water partition coefficient (Wildman–Crippen LogP) is 5.71. The molecular weight excluding hydrogens is 519 g/mol. The van der Waals surface area contributed by atoms with Crippen LogP contribution in [0.2, 0.25) is 10.0 Å². The van der Waals surface area contributed by atoms with E-state index in [1.807, 2.05) is 6.07 Å². The Hall–Kier alpha value is -3.29. The maximum Gasteiger partial charge on any atom is 0.280 e. The fourth-order valence-electron chi connectivity index (χ4n) is 3.09. The van der Waals surface area contributed by atoms with Gasteiger partial charge >= 0.3 is 0 Å². The van der Waals surface area contributed by atoms with Crippen LogP contribution in [0.15, 0.2) is 99.1 Å². The molecule has 0 saturated carbocycles. The van der Waals surface area contributed by atoms with Gasteiger partial charge in [0.05, 0.1) is 9.79 Å². The SMILES string of the molecule is N#Cc1cc(-c2ccccc2)oc1N(S(=O)(=O)c1ccc(Cl)cc1)S(=O)(=O)c1ccc(Cl)cc1. The summed E-state index contributed by atoms with van der Waals surface area (Å²) in [4.78, 5) is -0.730. The Morgan fingerprint density at radius 1 is 0.735 bits per heavy atom. The fraction of sp³-hybridized carbons (Fsp3) is 0. The average molecular weight is 533 g/mol. The van der Waals surface area contributed by atoms with Gasteiger partial charge in [-0.1, -0.05) is 53.5 Å². The summed E-state index contributed by atoms with van der Waals surface area (Å²) in [5, 5.41) is 10.2. The summed E-state index contributed by atoms with van der Waals surface area (Å²) in [6.45, 7) is 0. The number of benzene rings is 3. The molecule has 1 heterocycles. The predicted molar refractivity (Wildman–Crippen MR) is 129 cm³/mol. The minimum absolute atomic E-state index is 0.120. The zero-order valence-electron chi connectivity index (χ0n) is 17.1. The zero-order valence-corrected chi connectivity index (χ0v) is 20.2. The largest absolute Gasteiger partial charge is 0.437 e. The van der Waals surface area contributed by atoms with E-state index in [0.717, 1.165) is 24.3 Å². The third-order valence-electron chi connectivity index (χ3n) is 4.72. The lowest BCUT2D eigenvalue weighted by Gasteiger charge is -2.22. The van der Waals surface area contributed by atoms with Crippen molar-refractivity contribution in [3.05, 3.63) is 101 Å². The Labute approximate surface area is 206 Å². The van der Waals surface area contributed by atoms with E-state index in [1.54, 1.807) is 30.3 Å². The van der Waals surface area contributed by atoms with Crippen LogP contribution in [0, 0.1) is 11.3 Å². The molecule has 4 aromatic rings. The van der Waals surface area contributed by atoms with Crippen LogP contribution in [0.3, 0.4) is 0 Å². The maximum atomic E-state index is 13.7. The molecule has 4 rings (SSSR count). The van der Waals surface area contributed by atoms with Crippen LogP contribution in [0.5, 0.6) is 0 Å². The molecule has 7 nitrogen and oxygen atoms in total. The lowest BCUT2D eigenvalue weighted by atomic mass is 10.1. The summed E-state index contributed by atoms with van der Waals surface area (Å²) >= 11 is 11.8. The molecule has 0 aliphatic carbocycles. The first kappa shape index (κ1) is 23.9. The molecule has 172 valence electrons. The molecule has 0 unspecified atom stereocenters. The molecule has 0 spiro atoms. The molecule has 0 fully saturated rings. The van der Waals surface area contributed by atoms with Gasteiger partial charge in [0.2, 0.25) is 5.88 Å². The van der Waals surface area contributed by atoms with Gasteiger partial charge in [0, 0.05) is 21.7 Å². The Kier molecular flexibility index (Phi) is 6.43. The molecule has 0 radical (unpaired) electrons. The molecule has 0 aliphatic heterocycles. The highest BCUT2D eigenvalue weighted by molar-refractivity contribution is 8.10. The number of anilines is 1. The van der Waals surface area contributed by atoms with E-state index in [0.29, 0.717) is 5.56 Å². The van der Waals surface area contributed by atoms with Gasteiger partial charge in [-0.05, 0) is 48.5 Å². The quantitative estimate of drug-likeness (QED) is 0.314. The summed E-state index contributed by atoms with van der Waals surface area (Å²) in [6, 6.07) is 21.5. The molecule has 1 aromatic heterocycles. The van der Waals surface area contributed by atoms with Crippen molar-refractivity contribution in [2.45, 2.75) is 9.79 Å². The second-order valence-corrected chi connectivity index (χ2v) is 11.6. The van der Waals surface area contributed by atoms with Gasteiger partial charge in [-0.3, -0.25) is 0 Å². The van der Waals surface area contributed by atoms with Crippen LogP contribution in [0.4, 0.5) is 5.88 Å². The van der Waals surface area contributed by atoms with Crippen molar-refractivity contribution in [3.8, 4) is 17.4 Å². The maximum absolute atomic E-state index is 13.7. The summed E-state index contributed by atoms with van der Waals surface area (Å²) in [5.41, 5.74) is 0.243. The van der Waals surface area contributed by atoms with Crippen molar-refractivity contribution >= 4 is 49.1 Å². The molecule has 0 aliphatic rings. The number of sulfonamides is 2. The zero-order chi connectivity index (χ0) is 24.5. The third-order valence-corrected chi connectivity index (χ3v) is 9.34. The second-order valence-electron chi connectivity index (χ2n) is 6.92. The number of halogens is 2. The van der Waals surface area contributed by atoms with E-state index in [2.05, 4.69) is 0 Å². The molecule has 11 heteroatoms. The number of nitriles is 1. The average Bonchev–Trinajstić information content (AvgIpc) is 3.23. The van der Waals surface area contributed by atoms with Crippen molar-refractivity contribution in [1.29, 1.82) is 5.26 Å². The molecule has 0 saturated heterocycles. The topological polar surface area (TPSA) is 108 Å². The van der Waals surface area contributed by atoms with Crippen molar-refractivity contribution in [2.75, 3.05) is 3.71 Å². The van der Waals surface area contributed by atoms with E-state index in [9.17, 15) is 22.1 Å². The Bertz CT molecular complexity index is 1520. The van der Waals surface area contributed by atoms with Gasteiger partial charge in [-0.25, -0.2) is 0 Å². The second kappa shape index (κ2) is 9.16. The van der Waals surface area contributed by atoms with E-state index in [4.69, 9.17) is 27.6 Å². The Morgan fingerprint density at radius 3 is 1.65 bits per heavy atom. The first-order valence-corrected chi connectivity index (χ1v) is 13.2. The van der Waals surface area contributed by atoms with Gasteiger partial charge in [0.15, 0.2) is 0 Å². The fourth-order valence-corrected chi connectivity index (χ4v) is 6.95. The van der Waals surface area contributed by atoms with Crippen LogP contribution in [-0.4, -0.2) is 16.8 Å². The molecule has 0 N–H and O–H groups in total. The minimum Gasteiger partial charge on any atom is -0.437 e. The van der Waals surface area contributed by atoms with Crippen LogP contribution < -0.4 is 3.71 Å². The van der Waals surface area contributed by atoms with Crippen LogP contribution in [0.25, 0.3) is 11.3 Å². The highest BCUT2D eigenvalue weighted by Gasteiger charge is 2.41. The standard InChI is InChI=1S/C23H14Cl2N2O5S2/c24-18-6-10-20(11-7-18)33(28,29)27(34(30,31)21-12-8-19(25)9-13-21)23-17(15-26)14-22(32-23)16-4-2-1-3-5-16/h1-14H. The first-order valence-electron chi connectivity index (χ1n) is 9.55. The summed E-state index contributed by atoms with van der Waals surface area (Å²) in [6.07, 6.45) is 0. The van der Waals surface area contributed by atoms with Gasteiger partial charge in [-0.2, -0.15) is 22.1 Å². The molecule has 0 atom stereocenters. The number of nitrogens with zero attached hydrogens (tertiary/aromatic N) is 2. The molecule has 0 amide bonds. The van der Waals surface area contributed by atoms with E-state index in [-0.39, 0.29) is 34.9 Å². The van der Waals surface area contributed by atoms with Gasteiger partial charge in [-0.15, -0.1) is 3.71 Å². The van der Waals surface area contributed by atoms with Crippen molar-refractivity contribution in [2.24, 2.45) is 0 Å². The van der Waals surface area contributed by atoms with Crippen LogP contribution >= 0.6 is 23.2 Å². The molecule has 34 heavy (non-hydrogen) atoms. The Balaban J connectivity index is 1.99. The lowest BCUT2D eigenvalue weighted by Crippen LogP contribution is -2.37. The van der Waals surface area contributed by atoms with E-state index in [1.165, 1.54) is 30.3 Å². The molecule has 3 aromatic carbocycles. The van der Waals surface area contributed by atoms with E-state index < -0.39 is 25.9 Å². The highest BCUT2D eigenvalue weighted by atomic mass is 35.5. The van der Waals surface area contributed by atoms with Crippen molar-refractivity contribution < 1.29 is 21.3 Å². The number of hydrogen-bond donors (Lipinski definition) is 0. The minimum atomic E-state index is -4.78. The number of hydrogen-bond acceptors (Lipinski definition) is 6. The Morgan fingerprint density at radius 2 is 1.21 bits per heavy atom. The van der Waals surface area contributed by atoms with Crippen molar-refractivity contribution in [1.82, 2.24) is 0 Å². The summed E-state index contributed by atoms with van der Waals surface area (Å²) in [5.74, 6) is -0.541. The van der Waals surface area contributed by atoms with Gasteiger partial charge in [0.25, 0.3) is 20.0 Å². The smallest absolute Gasteiger partial charge is 0.280 e. The van der Waals surface area contributed by atoms with E-state index >= 15 is 0 Å². The third kappa shape index (κ3) is 4.41. The lowest BCUT2D eigenvalue weighted by molar-refractivity contribution is 0.561. The first-order chi connectivity index (χ1) is 16.1. The van der Waals surface area contributed by atoms with Crippen LogP contribution in [0.1, 0.15) is 5.56 Å². The van der Waals surface area contributed by atoms with Crippen LogP contribution in [-0.2, 0) is 20.0 Å². The molecular formula is C23H14Cl2N2O5S2. The monoisotopic (exact) mass is 532 g/mol. The van der Waals surface area contributed by atoms with Crippen molar-refractivity contribution in [3.63, 3.8) is 0 Å². The van der Waals surface area contributed by atoms with Gasteiger partial charge < -0.3 is 4.42 Å². The number of furan rings is 1. The number of rotatable bonds is 6. The summed E-state index contributed by atoms with van der Waals surface area (Å²) < 4.78 is 60.4.